The molecule has 0 spiro atoms. The van der Waals surface area contributed by atoms with Crippen LogP contribution in [0, 0.1) is 0 Å². The van der Waals surface area contributed by atoms with Crippen molar-refractivity contribution in [3.63, 3.8) is 0 Å². The molecule has 1 aliphatic heterocycles. The van der Waals surface area contributed by atoms with Crippen molar-refractivity contribution < 1.29 is 14.3 Å². The lowest BCUT2D eigenvalue weighted by Crippen LogP contribution is -2.42. The van der Waals surface area contributed by atoms with Gasteiger partial charge >= 0.3 is 0 Å². The fraction of sp³-hybridized carbons (Fsp3) is 0.440. The number of nitrogens with zero attached hydrogens (tertiary/aromatic N) is 3. The highest BCUT2D eigenvalue weighted by molar-refractivity contribution is 5.94. The largest absolute Gasteiger partial charge is 0.497 e. The molecule has 1 amide bonds. The monoisotopic (exact) mass is 434 g/mol. The topological polar surface area (TPSA) is 68.6 Å². The number of fused-ring (bicyclic) bond motifs is 3. The number of anilines is 1. The van der Waals surface area contributed by atoms with Crippen molar-refractivity contribution in [1.29, 1.82) is 0 Å². The molecular formula is C25H30N4O3. The second kappa shape index (κ2) is 9.20. The van der Waals surface area contributed by atoms with Gasteiger partial charge in [-0.25, -0.2) is 4.98 Å². The number of amides is 1. The fourth-order valence-electron chi connectivity index (χ4n) is 4.89. The molecule has 2 aromatic carbocycles. The Hall–Kier alpha value is -3.06. The lowest BCUT2D eigenvalue weighted by molar-refractivity contribution is -0.118. The van der Waals surface area contributed by atoms with Gasteiger partial charge in [0, 0.05) is 24.8 Å². The van der Waals surface area contributed by atoms with E-state index in [0.29, 0.717) is 11.8 Å². The van der Waals surface area contributed by atoms with Crippen molar-refractivity contribution in [3.05, 3.63) is 48.3 Å². The Morgan fingerprint density at radius 1 is 1.06 bits per heavy atom. The molecule has 0 bridgehead atoms. The van der Waals surface area contributed by atoms with Crippen molar-refractivity contribution in [3.8, 4) is 11.5 Å². The third kappa shape index (κ3) is 4.43. The zero-order chi connectivity index (χ0) is 21.9. The van der Waals surface area contributed by atoms with Crippen LogP contribution in [0.5, 0.6) is 11.5 Å². The van der Waals surface area contributed by atoms with Crippen LogP contribution in [0.2, 0.25) is 0 Å². The number of rotatable bonds is 6. The fourth-order valence-corrected chi connectivity index (χ4v) is 4.89. The number of aromatic nitrogens is 2. The van der Waals surface area contributed by atoms with Gasteiger partial charge in [0.25, 0.3) is 5.91 Å². The SMILES string of the molecule is COc1ccc(OCC(=O)Nc2ccc3c(c2)nc2n3CCN(C3CCCCC3)C2)cc1. The molecule has 2 aliphatic rings. The van der Waals surface area contributed by atoms with E-state index < -0.39 is 0 Å². The summed E-state index contributed by atoms with van der Waals surface area (Å²) < 4.78 is 13.0. The van der Waals surface area contributed by atoms with Crippen LogP contribution in [-0.4, -0.2) is 46.7 Å². The van der Waals surface area contributed by atoms with Gasteiger partial charge in [-0.05, 0) is 55.3 Å². The van der Waals surface area contributed by atoms with Gasteiger partial charge in [-0.2, -0.15) is 0 Å². The van der Waals surface area contributed by atoms with Crippen molar-refractivity contribution in [1.82, 2.24) is 14.5 Å². The molecule has 2 heterocycles. The molecule has 168 valence electrons. The normalized spacial score (nSPS) is 17.2. The minimum atomic E-state index is -0.201. The first-order chi connectivity index (χ1) is 15.7. The maximum atomic E-state index is 12.4. The quantitative estimate of drug-likeness (QED) is 0.629. The van der Waals surface area contributed by atoms with E-state index in [1.165, 1.54) is 32.1 Å². The molecule has 32 heavy (non-hydrogen) atoms. The molecule has 1 saturated carbocycles. The number of hydrogen-bond acceptors (Lipinski definition) is 5. The molecule has 0 atom stereocenters. The van der Waals surface area contributed by atoms with Crippen molar-refractivity contribution in [2.75, 3.05) is 25.6 Å². The lowest BCUT2D eigenvalue weighted by atomic mass is 9.94. The average Bonchev–Trinajstić information content (AvgIpc) is 3.20. The standard InChI is InChI=1S/C25H30N4O3/c1-31-20-8-10-21(11-9-20)32-17-25(30)26-18-7-12-23-22(15-18)27-24-16-28(13-14-29(23)24)19-5-3-2-4-6-19/h7-12,15,19H,2-6,13-14,16-17H2,1H3,(H,26,30). The van der Waals surface area contributed by atoms with Crippen LogP contribution >= 0.6 is 0 Å². The molecule has 0 saturated heterocycles. The molecule has 0 radical (unpaired) electrons. The van der Waals surface area contributed by atoms with Gasteiger partial charge in [0.15, 0.2) is 6.61 Å². The number of carbonyl (C=O) groups is 1. The molecule has 1 aromatic heterocycles. The highest BCUT2D eigenvalue weighted by Crippen LogP contribution is 2.28. The molecule has 3 aromatic rings. The minimum absolute atomic E-state index is 0.0552. The van der Waals surface area contributed by atoms with Gasteiger partial charge in [-0.15, -0.1) is 0 Å². The highest BCUT2D eigenvalue weighted by atomic mass is 16.5. The number of benzene rings is 2. The molecule has 7 heteroatoms. The average molecular weight is 435 g/mol. The van der Waals surface area contributed by atoms with E-state index in [-0.39, 0.29) is 12.5 Å². The summed E-state index contributed by atoms with van der Waals surface area (Å²) in [5.74, 6) is 2.30. The van der Waals surface area contributed by atoms with E-state index >= 15 is 0 Å². The number of nitrogens with one attached hydrogen (secondary N) is 1. The van der Waals surface area contributed by atoms with Gasteiger partial charge in [0.05, 0.1) is 24.7 Å². The number of hydrogen-bond donors (Lipinski definition) is 1. The van der Waals surface area contributed by atoms with Crippen molar-refractivity contribution in [2.24, 2.45) is 0 Å². The Morgan fingerprint density at radius 2 is 1.84 bits per heavy atom. The molecule has 1 aliphatic carbocycles. The van der Waals surface area contributed by atoms with Crippen molar-refractivity contribution >= 4 is 22.6 Å². The maximum absolute atomic E-state index is 12.4. The van der Waals surface area contributed by atoms with Crippen LogP contribution < -0.4 is 14.8 Å². The predicted molar refractivity (Wildman–Crippen MR) is 124 cm³/mol. The summed E-state index contributed by atoms with van der Waals surface area (Å²) in [6.07, 6.45) is 6.71. The molecule has 5 rings (SSSR count). The predicted octanol–water partition coefficient (Wildman–Crippen LogP) is 4.21. The first-order valence-corrected chi connectivity index (χ1v) is 11.5. The molecule has 0 unspecified atom stereocenters. The van der Waals surface area contributed by atoms with E-state index in [0.717, 1.165) is 47.9 Å². The van der Waals surface area contributed by atoms with Crippen LogP contribution in [0.25, 0.3) is 11.0 Å². The summed E-state index contributed by atoms with van der Waals surface area (Å²) in [5.41, 5.74) is 2.80. The maximum Gasteiger partial charge on any atom is 0.262 e. The summed E-state index contributed by atoms with van der Waals surface area (Å²) in [5, 5.41) is 2.92. The summed E-state index contributed by atoms with van der Waals surface area (Å²) in [6, 6.07) is 13.8. The summed E-state index contributed by atoms with van der Waals surface area (Å²) in [7, 11) is 1.61. The van der Waals surface area contributed by atoms with Gasteiger partial charge in [-0.3, -0.25) is 9.69 Å². The molecule has 1 fully saturated rings. The highest BCUT2D eigenvalue weighted by Gasteiger charge is 2.26. The zero-order valence-corrected chi connectivity index (χ0v) is 18.5. The number of carbonyl (C=O) groups excluding carboxylic acids is 1. The Morgan fingerprint density at radius 3 is 2.62 bits per heavy atom. The molecular weight excluding hydrogens is 404 g/mol. The second-order valence-corrected chi connectivity index (χ2v) is 8.66. The Labute approximate surface area is 188 Å². The van der Waals surface area contributed by atoms with E-state index in [1.54, 1.807) is 31.4 Å². The Kier molecular flexibility index (Phi) is 5.99. The van der Waals surface area contributed by atoms with Crippen molar-refractivity contribution in [2.45, 2.75) is 51.2 Å². The number of ether oxygens (including phenoxy) is 2. The lowest BCUT2D eigenvalue weighted by Gasteiger charge is -2.36. The van der Waals surface area contributed by atoms with Gasteiger partial charge in [0.1, 0.15) is 17.3 Å². The van der Waals surface area contributed by atoms with E-state index in [9.17, 15) is 4.79 Å². The van der Waals surface area contributed by atoms with Crippen LogP contribution in [0.15, 0.2) is 42.5 Å². The van der Waals surface area contributed by atoms with Crippen LogP contribution in [-0.2, 0) is 17.9 Å². The minimum Gasteiger partial charge on any atom is -0.497 e. The van der Waals surface area contributed by atoms with E-state index in [4.69, 9.17) is 14.5 Å². The van der Waals surface area contributed by atoms with E-state index in [1.807, 2.05) is 12.1 Å². The molecule has 7 nitrogen and oxygen atoms in total. The summed E-state index contributed by atoms with van der Waals surface area (Å²) >= 11 is 0. The third-order valence-electron chi connectivity index (χ3n) is 6.59. The van der Waals surface area contributed by atoms with E-state index in [2.05, 4.69) is 20.9 Å². The summed E-state index contributed by atoms with van der Waals surface area (Å²) in [4.78, 5) is 19.9. The Balaban J connectivity index is 1.22. The second-order valence-electron chi connectivity index (χ2n) is 8.66. The third-order valence-corrected chi connectivity index (χ3v) is 6.59. The first-order valence-electron chi connectivity index (χ1n) is 11.5. The van der Waals surface area contributed by atoms with Crippen LogP contribution in [0.1, 0.15) is 37.9 Å². The smallest absolute Gasteiger partial charge is 0.262 e. The summed E-state index contributed by atoms with van der Waals surface area (Å²) in [6.45, 7) is 2.92. The van der Waals surface area contributed by atoms with Crippen LogP contribution in [0.3, 0.4) is 0 Å². The first kappa shape index (κ1) is 20.8. The molecule has 1 N–H and O–H groups in total. The number of imidazole rings is 1. The van der Waals surface area contributed by atoms with Gasteiger partial charge in [0.2, 0.25) is 0 Å². The number of methoxy groups -OCH3 is 1. The van der Waals surface area contributed by atoms with Gasteiger partial charge in [-0.1, -0.05) is 19.3 Å². The van der Waals surface area contributed by atoms with Crippen LogP contribution in [0.4, 0.5) is 5.69 Å². The zero-order valence-electron chi connectivity index (χ0n) is 18.5. The Bertz CT molecular complexity index is 1090. The van der Waals surface area contributed by atoms with Gasteiger partial charge < -0.3 is 19.4 Å².